The van der Waals surface area contributed by atoms with E-state index in [1.807, 2.05) is 30.3 Å². The van der Waals surface area contributed by atoms with Crippen molar-refractivity contribution in [2.75, 3.05) is 0 Å². The summed E-state index contributed by atoms with van der Waals surface area (Å²) in [4.78, 5) is 23.9. The molecule has 2 aromatic carbocycles. The molecule has 142 valence electrons. The van der Waals surface area contributed by atoms with Crippen molar-refractivity contribution in [3.8, 4) is 11.1 Å². The lowest BCUT2D eigenvalue weighted by Crippen LogP contribution is -2.43. The minimum absolute atomic E-state index is 0.0996. The Labute approximate surface area is 167 Å². The number of halogens is 1. The van der Waals surface area contributed by atoms with Crippen LogP contribution in [0.3, 0.4) is 0 Å². The Morgan fingerprint density at radius 1 is 1.07 bits per heavy atom. The molecule has 1 aliphatic rings. The number of rotatable bonds is 3. The summed E-state index contributed by atoms with van der Waals surface area (Å²) < 4.78 is 1.53. The smallest absolute Gasteiger partial charge is 0.261 e. The highest BCUT2D eigenvalue weighted by Gasteiger charge is 2.30. The topological polar surface area (TPSA) is 71.3 Å². The molecular formula is C22H19ClN2O3. The van der Waals surface area contributed by atoms with Crippen LogP contribution in [0, 0.1) is 0 Å². The Bertz CT molecular complexity index is 1010. The van der Waals surface area contributed by atoms with Crippen molar-refractivity contribution < 1.29 is 14.7 Å². The van der Waals surface area contributed by atoms with Crippen LogP contribution in [-0.2, 0) is 4.79 Å². The fraction of sp³-hybridized carbons (Fsp3) is 0.182. The van der Waals surface area contributed by atoms with Gasteiger partial charge in [0.1, 0.15) is 6.23 Å². The summed E-state index contributed by atoms with van der Waals surface area (Å²) in [5.74, 6) is -0.504. The summed E-state index contributed by atoms with van der Waals surface area (Å²) in [6.45, 7) is 0. The SMILES string of the molecule is O=C1CCC(c2cccc(-c3ccc(C(=O)n4cccc4)cc3)c2Cl)C(O)N1. The van der Waals surface area contributed by atoms with Gasteiger partial charge in [0.25, 0.3) is 5.91 Å². The molecule has 1 aliphatic heterocycles. The minimum atomic E-state index is -0.949. The number of aromatic nitrogens is 1. The molecule has 5 nitrogen and oxygen atoms in total. The maximum absolute atomic E-state index is 12.4. The number of aliphatic hydroxyl groups is 1. The zero-order chi connectivity index (χ0) is 19.7. The summed E-state index contributed by atoms with van der Waals surface area (Å²) in [7, 11) is 0. The maximum atomic E-state index is 12.4. The van der Waals surface area contributed by atoms with Gasteiger partial charge in [-0.1, -0.05) is 41.9 Å². The first-order chi connectivity index (χ1) is 13.5. The molecule has 6 heteroatoms. The molecule has 28 heavy (non-hydrogen) atoms. The number of nitrogens with one attached hydrogen (secondary N) is 1. The molecule has 1 amide bonds. The lowest BCUT2D eigenvalue weighted by Gasteiger charge is -2.29. The van der Waals surface area contributed by atoms with Crippen LogP contribution >= 0.6 is 11.6 Å². The fourth-order valence-electron chi connectivity index (χ4n) is 3.58. The second-order valence-corrected chi connectivity index (χ2v) is 7.22. The second-order valence-electron chi connectivity index (χ2n) is 6.84. The molecule has 2 N–H and O–H groups in total. The number of aliphatic hydroxyl groups excluding tert-OH is 1. The van der Waals surface area contributed by atoms with E-state index in [2.05, 4.69) is 5.32 Å². The quantitative estimate of drug-likeness (QED) is 0.709. The predicted molar refractivity (Wildman–Crippen MR) is 107 cm³/mol. The number of hydrogen-bond acceptors (Lipinski definition) is 3. The first-order valence-electron chi connectivity index (χ1n) is 9.08. The number of hydrogen-bond donors (Lipinski definition) is 2. The molecule has 3 aromatic rings. The van der Waals surface area contributed by atoms with Gasteiger partial charge < -0.3 is 10.4 Å². The van der Waals surface area contributed by atoms with Gasteiger partial charge in [-0.3, -0.25) is 14.2 Å². The van der Waals surface area contributed by atoms with Crippen LogP contribution in [0.15, 0.2) is 67.0 Å². The summed E-state index contributed by atoms with van der Waals surface area (Å²) in [5, 5.41) is 13.4. The second kappa shape index (κ2) is 7.62. The molecule has 1 saturated heterocycles. The van der Waals surface area contributed by atoms with Gasteiger partial charge in [-0.25, -0.2) is 0 Å². The molecule has 0 spiro atoms. The van der Waals surface area contributed by atoms with Crippen LogP contribution in [-0.4, -0.2) is 27.7 Å². The van der Waals surface area contributed by atoms with E-state index in [0.717, 1.165) is 16.7 Å². The molecule has 0 radical (unpaired) electrons. The highest BCUT2D eigenvalue weighted by atomic mass is 35.5. The van der Waals surface area contributed by atoms with Crippen LogP contribution in [0.4, 0.5) is 0 Å². The number of carbonyl (C=O) groups is 2. The van der Waals surface area contributed by atoms with Crippen molar-refractivity contribution in [1.82, 2.24) is 9.88 Å². The van der Waals surface area contributed by atoms with Gasteiger partial charge in [-0.2, -0.15) is 0 Å². The van der Waals surface area contributed by atoms with Gasteiger partial charge in [0.2, 0.25) is 5.91 Å². The molecule has 2 heterocycles. The summed E-state index contributed by atoms with van der Waals surface area (Å²) in [6, 6.07) is 16.6. The van der Waals surface area contributed by atoms with Gasteiger partial charge in [-0.05, 0) is 41.8 Å². The zero-order valence-electron chi connectivity index (χ0n) is 15.0. The molecule has 2 atom stereocenters. The van der Waals surface area contributed by atoms with Crippen LogP contribution < -0.4 is 5.32 Å². The van der Waals surface area contributed by atoms with Crippen molar-refractivity contribution in [2.24, 2.45) is 0 Å². The van der Waals surface area contributed by atoms with Gasteiger partial charge in [0.05, 0.1) is 5.02 Å². The van der Waals surface area contributed by atoms with Crippen LogP contribution in [0.5, 0.6) is 0 Å². The molecular weight excluding hydrogens is 376 g/mol. The zero-order valence-corrected chi connectivity index (χ0v) is 15.8. The largest absolute Gasteiger partial charge is 0.373 e. The third-order valence-corrected chi connectivity index (χ3v) is 5.50. The average molecular weight is 395 g/mol. The van der Waals surface area contributed by atoms with Crippen molar-refractivity contribution in [3.63, 3.8) is 0 Å². The fourth-order valence-corrected chi connectivity index (χ4v) is 3.95. The van der Waals surface area contributed by atoms with Crippen molar-refractivity contribution in [1.29, 1.82) is 0 Å². The Morgan fingerprint density at radius 2 is 1.79 bits per heavy atom. The number of piperidine rings is 1. The van der Waals surface area contributed by atoms with Crippen LogP contribution in [0.2, 0.25) is 5.02 Å². The van der Waals surface area contributed by atoms with E-state index in [9.17, 15) is 14.7 Å². The van der Waals surface area contributed by atoms with Gasteiger partial charge in [0, 0.05) is 35.9 Å². The van der Waals surface area contributed by atoms with Crippen molar-refractivity contribution in [3.05, 3.63) is 83.1 Å². The maximum Gasteiger partial charge on any atom is 0.261 e. The summed E-state index contributed by atoms with van der Waals surface area (Å²) in [5.41, 5.74) is 3.09. The Hall–Kier alpha value is -2.89. The van der Waals surface area contributed by atoms with E-state index in [1.165, 1.54) is 4.57 Å². The first kappa shape index (κ1) is 18.5. The van der Waals surface area contributed by atoms with E-state index in [1.54, 1.807) is 36.7 Å². The number of carbonyl (C=O) groups excluding carboxylic acids is 2. The highest BCUT2D eigenvalue weighted by molar-refractivity contribution is 6.34. The lowest BCUT2D eigenvalue weighted by atomic mass is 9.87. The highest BCUT2D eigenvalue weighted by Crippen LogP contribution is 2.38. The molecule has 0 saturated carbocycles. The third kappa shape index (κ3) is 3.46. The predicted octanol–water partition coefficient (Wildman–Crippen LogP) is 3.81. The summed E-state index contributed by atoms with van der Waals surface area (Å²) in [6.07, 6.45) is 3.38. The first-order valence-corrected chi connectivity index (χ1v) is 9.46. The van der Waals surface area contributed by atoms with E-state index in [0.29, 0.717) is 23.4 Å². The van der Waals surface area contributed by atoms with Gasteiger partial charge >= 0.3 is 0 Å². The van der Waals surface area contributed by atoms with E-state index < -0.39 is 6.23 Å². The van der Waals surface area contributed by atoms with E-state index >= 15 is 0 Å². The summed E-state index contributed by atoms with van der Waals surface area (Å²) >= 11 is 6.67. The molecule has 0 bridgehead atoms. The van der Waals surface area contributed by atoms with Crippen LogP contribution in [0.1, 0.15) is 34.7 Å². The lowest BCUT2D eigenvalue weighted by molar-refractivity contribution is -0.127. The molecule has 1 fully saturated rings. The number of amides is 1. The third-order valence-electron chi connectivity index (χ3n) is 5.08. The van der Waals surface area contributed by atoms with E-state index in [-0.39, 0.29) is 17.7 Å². The average Bonchev–Trinajstić information content (AvgIpc) is 3.23. The van der Waals surface area contributed by atoms with Crippen molar-refractivity contribution >= 4 is 23.4 Å². The number of nitrogens with zero attached hydrogens (tertiary/aromatic N) is 1. The van der Waals surface area contributed by atoms with E-state index in [4.69, 9.17) is 11.6 Å². The van der Waals surface area contributed by atoms with Gasteiger partial charge in [-0.15, -0.1) is 0 Å². The minimum Gasteiger partial charge on any atom is -0.373 e. The molecule has 1 aromatic heterocycles. The Balaban J connectivity index is 1.63. The molecule has 0 aliphatic carbocycles. The molecule has 4 rings (SSSR count). The van der Waals surface area contributed by atoms with Crippen LogP contribution in [0.25, 0.3) is 11.1 Å². The normalized spacial score (nSPS) is 19.3. The number of benzene rings is 2. The molecule has 2 unspecified atom stereocenters. The van der Waals surface area contributed by atoms with Gasteiger partial charge in [0.15, 0.2) is 0 Å². The monoisotopic (exact) mass is 394 g/mol. The van der Waals surface area contributed by atoms with Crippen molar-refractivity contribution in [2.45, 2.75) is 25.0 Å². The standard InChI is InChI=1S/C22H19ClN2O3/c23-20-16(4-3-5-17(20)18-10-11-19(26)24-21(18)27)14-6-8-15(9-7-14)22(28)25-12-1-2-13-25/h1-9,12-13,18,21,27H,10-11H2,(H,24,26). The Morgan fingerprint density at radius 3 is 2.46 bits per heavy atom. The Kier molecular flexibility index (Phi) is 5.03.